The minimum absolute atomic E-state index is 0.0325. The van der Waals surface area contributed by atoms with E-state index in [2.05, 4.69) is 5.32 Å². The van der Waals surface area contributed by atoms with Crippen molar-refractivity contribution in [2.24, 2.45) is 0 Å². The van der Waals surface area contributed by atoms with Crippen LogP contribution in [-0.4, -0.2) is 30.3 Å². The van der Waals surface area contributed by atoms with E-state index in [1.165, 1.54) is 0 Å². The summed E-state index contributed by atoms with van der Waals surface area (Å²) in [7, 11) is 0. The van der Waals surface area contributed by atoms with E-state index in [4.69, 9.17) is 33.0 Å². The summed E-state index contributed by atoms with van der Waals surface area (Å²) in [6.45, 7) is 1.90. The standard InChI is InChI=1S/C13H17Cl2NO3/c1-2-9(5-6-17)16-13(18)8-19-10-3-4-11(14)12(15)7-10/h3-4,7,9,17H,2,5-6,8H2,1H3,(H,16,18). The molecule has 1 aromatic carbocycles. The molecule has 1 aromatic rings. The quantitative estimate of drug-likeness (QED) is 0.814. The van der Waals surface area contributed by atoms with Gasteiger partial charge in [0.05, 0.1) is 10.0 Å². The van der Waals surface area contributed by atoms with Crippen LogP contribution >= 0.6 is 23.2 Å². The zero-order chi connectivity index (χ0) is 14.3. The zero-order valence-electron chi connectivity index (χ0n) is 10.7. The van der Waals surface area contributed by atoms with Crippen molar-refractivity contribution in [2.45, 2.75) is 25.8 Å². The normalized spacial score (nSPS) is 12.0. The summed E-state index contributed by atoms with van der Waals surface area (Å²) >= 11 is 11.6. The molecular formula is C13H17Cl2NO3. The maximum Gasteiger partial charge on any atom is 0.258 e. The second-order valence-corrected chi connectivity index (χ2v) is 4.86. The molecule has 0 bridgehead atoms. The predicted molar refractivity (Wildman–Crippen MR) is 75.9 cm³/mol. The lowest BCUT2D eigenvalue weighted by Gasteiger charge is -2.16. The van der Waals surface area contributed by atoms with Gasteiger partial charge in [-0.3, -0.25) is 4.79 Å². The highest BCUT2D eigenvalue weighted by Crippen LogP contribution is 2.26. The Kier molecular flexibility index (Phi) is 6.99. The summed E-state index contributed by atoms with van der Waals surface area (Å²) in [5, 5.41) is 12.4. The molecule has 0 aliphatic carbocycles. The molecule has 19 heavy (non-hydrogen) atoms. The number of benzene rings is 1. The maximum absolute atomic E-state index is 11.6. The van der Waals surface area contributed by atoms with E-state index in [9.17, 15) is 4.79 Å². The first kappa shape index (κ1) is 16.1. The van der Waals surface area contributed by atoms with Gasteiger partial charge in [0.2, 0.25) is 0 Å². The van der Waals surface area contributed by atoms with Crippen LogP contribution in [0.5, 0.6) is 5.75 Å². The number of nitrogens with one attached hydrogen (secondary N) is 1. The van der Waals surface area contributed by atoms with E-state index in [1.54, 1.807) is 18.2 Å². The molecule has 1 unspecified atom stereocenters. The first-order valence-corrected chi connectivity index (χ1v) is 6.80. The number of carbonyl (C=O) groups is 1. The van der Waals surface area contributed by atoms with E-state index in [-0.39, 0.29) is 25.2 Å². The van der Waals surface area contributed by atoms with Crippen LogP contribution in [0.2, 0.25) is 10.0 Å². The Morgan fingerprint density at radius 1 is 1.42 bits per heavy atom. The van der Waals surface area contributed by atoms with Gasteiger partial charge in [-0.2, -0.15) is 0 Å². The van der Waals surface area contributed by atoms with Crippen LogP contribution < -0.4 is 10.1 Å². The molecular weight excluding hydrogens is 289 g/mol. The van der Waals surface area contributed by atoms with Gasteiger partial charge in [-0.15, -0.1) is 0 Å². The van der Waals surface area contributed by atoms with Crippen molar-refractivity contribution in [2.75, 3.05) is 13.2 Å². The highest BCUT2D eigenvalue weighted by molar-refractivity contribution is 6.42. The monoisotopic (exact) mass is 305 g/mol. The van der Waals surface area contributed by atoms with E-state index in [0.29, 0.717) is 22.2 Å². The molecule has 0 fully saturated rings. The highest BCUT2D eigenvalue weighted by atomic mass is 35.5. The fourth-order valence-electron chi connectivity index (χ4n) is 1.52. The van der Waals surface area contributed by atoms with Crippen molar-refractivity contribution in [3.8, 4) is 5.75 Å². The Morgan fingerprint density at radius 3 is 2.74 bits per heavy atom. The molecule has 0 aromatic heterocycles. The van der Waals surface area contributed by atoms with Crippen LogP contribution in [0.1, 0.15) is 19.8 Å². The van der Waals surface area contributed by atoms with E-state index >= 15 is 0 Å². The summed E-state index contributed by atoms with van der Waals surface area (Å²) in [5.41, 5.74) is 0. The van der Waals surface area contributed by atoms with Crippen molar-refractivity contribution < 1.29 is 14.6 Å². The molecule has 0 spiro atoms. The van der Waals surface area contributed by atoms with Gasteiger partial charge in [0.15, 0.2) is 6.61 Å². The molecule has 1 rings (SSSR count). The van der Waals surface area contributed by atoms with E-state index < -0.39 is 0 Å². The second kappa shape index (κ2) is 8.25. The van der Waals surface area contributed by atoms with Gasteiger partial charge in [0.1, 0.15) is 5.75 Å². The number of aliphatic hydroxyl groups is 1. The number of hydrogen-bond donors (Lipinski definition) is 2. The Morgan fingerprint density at radius 2 is 2.16 bits per heavy atom. The predicted octanol–water partition coefficient (Wildman–Crippen LogP) is 2.65. The van der Waals surface area contributed by atoms with Crippen LogP contribution in [0.25, 0.3) is 0 Å². The Balaban J connectivity index is 2.43. The second-order valence-electron chi connectivity index (χ2n) is 4.05. The zero-order valence-corrected chi connectivity index (χ0v) is 12.2. The molecule has 0 aliphatic heterocycles. The van der Waals surface area contributed by atoms with E-state index in [0.717, 1.165) is 6.42 Å². The average Bonchev–Trinajstić information content (AvgIpc) is 2.39. The molecule has 2 N–H and O–H groups in total. The largest absolute Gasteiger partial charge is 0.484 e. The van der Waals surface area contributed by atoms with Gasteiger partial charge in [-0.1, -0.05) is 30.1 Å². The van der Waals surface area contributed by atoms with Gasteiger partial charge in [-0.05, 0) is 25.0 Å². The van der Waals surface area contributed by atoms with Crippen LogP contribution in [0.4, 0.5) is 0 Å². The van der Waals surface area contributed by atoms with Crippen LogP contribution in [0.3, 0.4) is 0 Å². The molecule has 6 heteroatoms. The molecule has 0 aliphatic rings. The lowest BCUT2D eigenvalue weighted by atomic mass is 10.1. The third-order valence-electron chi connectivity index (χ3n) is 2.60. The van der Waals surface area contributed by atoms with Crippen molar-refractivity contribution >= 4 is 29.1 Å². The van der Waals surface area contributed by atoms with Crippen LogP contribution in [-0.2, 0) is 4.79 Å². The Bertz CT molecular complexity index is 426. The maximum atomic E-state index is 11.6. The third kappa shape index (κ3) is 5.68. The molecule has 1 amide bonds. The number of halogens is 2. The van der Waals surface area contributed by atoms with Gasteiger partial charge in [-0.25, -0.2) is 0 Å². The number of amides is 1. The lowest BCUT2D eigenvalue weighted by Crippen LogP contribution is -2.38. The SMILES string of the molecule is CCC(CCO)NC(=O)COc1ccc(Cl)c(Cl)c1. The van der Waals surface area contributed by atoms with E-state index in [1.807, 2.05) is 6.92 Å². The molecule has 0 saturated carbocycles. The number of carbonyl (C=O) groups excluding carboxylic acids is 1. The molecule has 1 atom stereocenters. The van der Waals surface area contributed by atoms with Crippen molar-refractivity contribution in [1.29, 1.82) is 0 Å². The van der Waals surface area contributed by atoms with Crippen molar-refractivity contribution in [3.63, 3.8) is 0 Å². The fraction of sp³-hybridized carbons (Fsp3) is 0.462. The fourth-order valence-corrected chi connectivity index (χ4v) is 1.81. The molecule has 0 heterocycles. The summed E-state index contributed by atoms with van der Waals surface area (Å²) in [6, 6.07) is 4.78. The highest BCUT2D eigenvalue weighted by Gasteiger charge is 2.10. The summed E-state index contributed by atoms with van der Waals surface area (Å²) in [6.07, 6.45) is 1.30. The number of ether oxygens (including phenoxy) is 1. The van der Waals surface area contributed by atoms with Crippen molar-refractivity contribution in [3.05, 3.63) is 28.2 Å². The average molecular weight is 306 g/mol. The molecule has 106 valence electrons. The minimum Gasteiger partial charge on any atom is -0.484 e. The lowest BCUT2D eigenvalue weighted by molar-refractivity contribution is -0.123. The van der Waals surface area contributed by atoms with Gasteiger partial charge >= 0.3 is 0 Å². The summed E-state index contributed by atoms with van der Waals surface area (Å²) in [5.74, 6) is 0.256. The number of rotatable bonds is 7. The van der Waals surface area contributed by atoms with Gasteiger partial charge < -0.3 is 15.2 Å². The smallest absolute Gasteiger partial charge is 0.258 e. The number of hydrogen-bond acceptors (Lipinski definition) is 3. The Hall–Kier alpha value is -0.970. The topological polar surface area (TPSA) is 58.6 Å². The first-order valence-electron chi connectivity index (χ1n) is 6.04. The minimum atomic E-state index is -0.230. The molecule has 0 saturated heterocycles. The van der Waals surface area contributed by atoms with Gasteiger partial charge in [0.25, 0.3) is 5.91 Å². The molecule has 4 nitrogen and oxygen atoms in total. The van der Waals surface area contributed by atoms with Gasteiger partial charge in [0, 0.05) is 18.7 Å². The van der Waals surface area contributed by atoms with Crippen molar-refractivity contribution in [1.82, 2.24) is 5.32 Å². The van der Waals surface area contributed by atoms with Crippen LogP contribution in [0.15, 0.2) is 18.2 Å². The third-order valence-corrected chi connectivity index (χ3v) is 3.34. The van der Waals surface area contributed by atoms with Crippen LogP contribution in [0, 0.1) is 0 Å². The number of aliphatic hydroxyl groups excluding tert-OH is 1. The summed E-state index contributed by atoms with van der Waals surface area (Å²) < 4.78 is 5.31. The molecule has 0 radical (unpaired) electrons. The Labute approximate surface area is 122 Å². The first-order chi connectivity index (χ1) is 9.06. The summed E-state index contributed by atoms with van der Waals surface area (Å²) in [4.78, 5) is 11.6.